The minimum absolute atomic E-state index is 0.145. The molecule has 0 saturated heterocycles. The molecule has 17 heavy (non-hydrogen) atoms. The number of methoxy groups -OCH3 is 1. The minimum atomic E-state index is 0.145. The van der Waals surface area contributed by atoms with Gasteiger partial charge in [0.25, 0.3) is 0 Å². The van der Waals surface area contributed by atoms with Gasteiger partial charge in [0.2, 0.25) is 0 Å². The van der Waals surface area contributed by atoms with Crippen LogP contribution in [0.3, 0.4) is 0 Å². The Morgan fingerprint density at radius 3 is 2.88 bits per heavy atom. The summed E-state index contributed by atoms with van der Waals surface area (Å²) in [6.07, 6.45) is 6.21. The lowest BCUT2D eigenvalue weighted by Crippen LogP contribution is -1.92. The predicted octanol–water partition coefficient (Wildman–Crippen LogP) is 3.55. The number of benzene rings is 1. The molecule has 0 aliphatic heterocycles. The summed E-state index contributed by atoms with van der Waals surface area (Å²) in [6.45, 7) is 3.46. The van der Waals surface area contributed by atoms with Gasteiger partial charge < -0.3 is 4.74 Å². The molecule has 0 unspecified atom stereocenters. The molecule has 92 valence electrons. The van der Waals surface area contributed by atoms with Crippen LogP contribution in [0.5, 0.6) is 5.75 Å². The molecule has 0 aromatic heterocycles. The van der Waals surface area contributed by atoms with E-state index in [1.165, 1.54) is 11.6 Å². The van der Waals surface area contributed by atoms with E-state index in [-0.39, 0.29) is 5.78 Å². The highest BCUT2D eigenvalue weighted by Gasteiger charge is 1.98. The molecule has 0 aliphatic carbocycles. The van der Waals surface area contributed by atoms with Crippen molar-refractivity contribution in [2.24, 2.45) is 0 Å². The zero-order chi connectivity index (χ0) is 12.5. The number of hydrogen-bond acceptors (Lipinski definition) is 2. The summed E-state index contributed by atoms with van der Waals surface area (Å²) in [5, 5.41) is 0. The Morgan fingerprint density at radius 2 is 2.18 bits per heavy atom. The summed E-state index contributed by atoms with van der Waals surface area (Å²) >= 11 is 0. The van der Waals surface area contributed by atoms with E-state index in [0.29, 0.717) is 6.42 Å². The van der Waals surface area contributed by atoms with Crippen molar-refractivity contribution in [2.45, 2.75) is 32.1 Å². The first kappa shape index (κ1) is 13.5. The standard InChI is InChI=1S/C15H20O2/c1-3-14(16)10-6-4-5-8-13-9-7-11-15(12-13)17-2/h3,7,9,11-12H,1,4-6,8,10H2,2H3. The summed E-state index contributed by atoms with van der Waals surface area (Å²) in [6, 6.07) is 8.13. The zero-order valence-corrected chi connectivity index (χ0v) is 10.4. The number of ether oxygens (including phenoxy) is 1. The Bertz CT molecular complexity index is 369. The summed E-state index contributed by atoms with van der Waals surface area (Å²) < 4.78 is 5.17. The van der Waals surface area contributed by atoms with Gasteiger partial charge in [-0.05, 0) is 43.0 Å². The molecule has 0 atom stereocenters. The van der Waals surface area contributed by atoms with Gasteiger partial charge in [0.05, 0.1) is 7.11 Å². The van der Waals surface area contributed by atoms with Crippen molar-refractivity contribution in [2.75, 3.05) is 7.11 Å². The number of carbonyl (C=O) groups excluding carboxylic acids is 1. The number of aryl methyl sites for hydroxylation is 1. The molecule has 0 amide bonds. The summed E-state index contributed by atoms with van der Waals surface area (Å²) in [5.41, 5.74) is 1.29. The zero-order valence-electron chi connectivity index (χ0n) is 10.4. The molecule has 1 rings (SSSR count). The molecule has 0 N–H and O–H groups in total. The van der Waals surface area contributed by atoms with Gasteiger partial charge in [0, 0.05) is 6.42 Å². The monoisotopic (exact) mass is 232 g/mol. The second kappa shape index (κ2) is 7.66. The number of ketones is 1. The van der Waals surface area contributed by atoms with E-state index in [9.17, 15) is 4.79 Å². The van der Waals surface area contributed by atoms with E-state index >= 15 is 0 Å². The Morgan fingerprint density at radius 1 is 1.35 bits per heavy atom. The summed E-state index contributed by atoms with van der Waals surface area (Å²) in [7, 11) is 1.68. The van der Waals surface area contributed by atoms with Crippen LogP contribution in [0.1, 0.15) is 31.2 Å². The molecular formula is C15H20O2. The predicted molar refractivity (Wildman–Crippen MR) is 70.4 cm³/mol. The van der Waals surface area contributed by atoms with Gasteiger partial charge in [-0.3, -0.25) is 4.79 Å². The maximum Gasteiger partial charge on any atom is 0.155 e. The lowest BCUT2D eigenvalue weighted by molar-refractivity contribution is -0.114. The smallest absolute Gasteiger partial charge is 0.155 e. The van der Waals surface area contributed by atoms with Crippen LogP contribution in [-0.2, 0) is 11.2 Å². The first-order valence-corrected chi connectivity index (χ1v) is 6.04. The van der Waals surface area contributed by atoms with Crippen molar-refractivity contribution < 1.29 is 9.53 Å². The van der Waals surface area contributed by atoms with Crippen molar-refractivity contribution in [3.63, 3.8) is 0 Å². The van der Waals surface area contributed by atoms with Crippen LogP contribution < -0.4 is 4.74 Å². The molecule has 1 aromatic carbocycles. The van der Waals surface area contributed by atoms with Crippen molar-refractivity contribution >= 4 is 5.78 Å². The maximum absolute atomic E-state index is 11.0. The van der Waals surface area contributed by atoms with Gasteiger partial charge in [-0.1, -0.05) is 25.1 Å². The van der Waals surface area contributed by atoms with Gasteiger partial charge in [-0.15, -0.1) is 0 Å². The molecule has 0 heterocycles. The molecule has 0 aliphatic rings. The van der Waals surface area contributed by atoms with Crippen LogP contribution in [0.4, 0.5) is 0 Å². The van der Waals surface area contributed by atoms with Crippen molar-refractivity contribution in [3.05, 3.63) is 42.5 Å². The SMILES string of the molecule is C=CC(=O)CCCCCc1cccc(OC)c1. The van der Waals surface area contributed by atoms with Gasteiger partial charge in [0.15, 0.2) is 5.78 Å². The first-order chi connectivity index (χ1) is 8.26. The van der Waals surface area contributed by atoms with Crippen LogP contribution in [0.2, 0.25) is 0 Å². The van der Waals surface area contributed by atoms with Crippen LogP contribution >= 0.6 is 0 Å². The van der Waals surface area contributed by atoms with E-state index < -0.39 is 0 Å². The summed E-state index contributed by atoms with van der Waals surface area (Å²) in [5.74, 6) is 1.05. The average Bonchev–Trinajstić information content (AvgIpc) is 2.38. The molecule has 0 radical (unpaired) electrons. The fraction of sp³-hybridized carbons (Fsp3) is 0.400. The van der Waals surface area contributed by atoms with Crippen LogP contribution in [0, 0.1) is 0 Å². The number of carbonyl (C=O) groups is 1. The van der Waals surface area contributed by atoms with Crippen molar-refractivity contribution in [3.8, 4) is 5.75 Å². The van der Waals surface area contributed by atoms with Gasteiger partial charge in [-0.25, -0.2) is 0 Å². The number of unbranched alkanes of at least 4 members (excludes halogenated alkanes) is 2. The van der Waals surface area contributed by atoms with E-state index in [1.54, 1.807) is 7.11 Å². The highest BCUT2D eigenvalue weighted by molar-refractivity contribution is 5.88. The fourth-order valence-corrected chi connectivity index (χ4v) is 1.74. The van der Waals surface area contributed by atoms with E-state index in [0.717, 1.165) is 31.4 Å². The molecule has 2 nitrogen and oxygen atoms in total. The average molecular weight is 232 g/mol. The van der Waals surface area contributed by atoms with Crippen LogP contribution in [0.15, 0.2) is 36.9 Å². The van der Waals surface area contributed by atoms with E-state index in [2.05, 4.69) is 18.7 Å². The van der Waals surface area contributed by atoms with Crippen LogP contribution in [0.25, 0.3) is 0 Å². The Labute approximate surface area is 103 Å². The lowest BCUT2D eigenvalue weighted by atomic mass is 10.0. The Balaban J connectivity index is 2.21. The second-order valence-corrected chi connectivity index (χ2v) is 4.08. The fourth-order valence-electron chi connectivity index (χ4n) is 1.74. The highest BCUT2D eigenvalue weighted by atomic mass is 16.5. The number of allylic oxidation sites excluding steroid dienone is 1. The molecule has 0 saturated carbocycles. The highest BCUT2D eigenvalue weighted by Crippen LogP contribution is 2.15. The molecule has 2 heteroatoms. The number of rotatable bonds is 8. The largest absolute Gasteiger partial charge is 0.497 e. The molecule has 0 spiro atoms. The Hall–Kier alpha value is -1.57. The molecule has 0 bridgehead atoms. The first-order valence-electron chi connectivity index (χ1n) is 6.04. The van der Waals surface area contributed by atoms with Gasteiger partial charge in [0.1, 0.15) is 5.75 Å². The van der Waals surface area contributed by atoms with Crippen LogP contribution in [-0.4, -0.2) is 12.9 Å². The third-order valence-corrected chi connectivity index (χ3v) is 2.75. The minimum Gasteiger partial charge on any atom is -0.497 e. The molecule has 1 aromatic rings. The lowest BCUT2D eigenvalue weighted by Gasteiger charge is -2.04. The molecule has 0 fully saturated rings. The van der Waals surface area contributed by atoms with Crippen molar-refractivity contribution in [1.82, 2.24) is 0 Å². The van der Waals surface area contributed by atoms with E-state index in [1.807, 2.05) is 12.1 Å². The third kappa shape index (κ3) is 5.34. The summed E-state index contributed by atoms with van der Waals surface area (Å²) in [4.78, 5) is 11.0. The number of hydrogen-bond donors (Lipinski definition) is 0. The third-order valence-electron chi connectivity index (χ3n) is 2.75. The van der Waals surface area contributed by atoms with Gasteiger partial charge in [-0.2, -0.15) is 0 Å². The van der Waals surface area contributed by atoms with E-state index in [4.69, 9.17) is 4.74 Å². The Kier molecular flexibility index (Phi) is 6.08. The van der Waals surface area contributed by atoms with Gasteiger partial charge >= 0.3 is 0 Å². The topological polar surface area (TPSA) is 26.3 Å². The second-order valence-electron chi connectivity index (χ2n) is 4.08. The maximum atomic E-state index is 11.0. The molecular weight excluding hydrogens is 212 g/mol. The quantitative estimate of drug-likeness (QED) is 0.506. The van der Waals surface area contributed by atoms with Crippen molar-refractivity contribution in [1.29, 1.82) is 0 Å². The normalized spacial score (nSPS) is 9.94.